The SMILES string of the molecule is CN1CCN(Nc2ccc(S(=O)(=O)N(C)C)cc2)CC1. The zero-order valence-corrected chi connectivity index (χ0v) is 13.0. The molecule has 112 valence electrons. The van der Waals surface area contributed by atoms with Gasteiger partial charge in [0, 0.05) is 46.0 Å². The second-order valence-electron chi connectivity index (χ2n) is 5.21. The average Bonchev–Trinajstić information content (AvgIpc) is 2.42. The van der Waals surface area contributed by atoms with E-state index in [-0.39, 0.29) is 0 Å². The lowest BCUT2D eigenvalue weighted by molar-refractivity contribution is 0.179. The number of sulfonamides is 1. The maximum absolute atomic E-state index is 12.0. The molecule has 0 bridgehead atoms. The Hall–Kier alpha value is -1.15. The molecule has 0 spiro atoms. The molecule has 1 aliphatic heterocycles. The molecule has 1 fully saturated rings. The molecule has 0 atom stereocenters. The molecule has 1 aliphatic rings. The lowest BCUT2D eigenvalue weighted by atomic mass is 10.3. The maximum Gasteiger partial charge on any atom is 0.242 e. The van der Waals surface area contributed by atoms with Crippen LogP contribution in [-0.4, -0.2) is 70.0 Å². The van der Waals surface area contributed by atoms with Crippen molar-refractivity contribution in [1.29, 1.82) is 0 Å². The van der Waals surface area contributed by atoms with Crippen molar-refractivity contribution in [3.8, 4) is 0 Å². The second-order valence-corrected chi connectivity index (χ2v) is 7.37. The summed E-state index contributed by atoms with van der Waals surface area (Å²) in [5.41, 5.74) is 4.22. The summed E-state index contributed by atoms with van der Waals surface area (Å²) in [5.74, 6) is 0. The van der Waals surface area contributed by atoms with Crippen molar-refractivity contribution in [3.63, 3.8) is 0 Å². The fourth-order valence-electron chi connectivity index (χ4n) is 2.01. The summed E-state index contributed by atoms with van der Waals surface area (Å²) in [6.45, 7) is 3.96. The Labute approximate surface area is 121 Å². The topological polar surface area (TPSA) is 55.9 Å². The zero-order chi connectivity index (χ0) is 14.8. The lowest BCUT2D eigenvalue weighted by Crippen LogP contribution is -2.46. The summed E-state index contributed by atoms with van der Waals surface area (Å²) in [6, 6.07) is 6.87. The number of anilines is 1. The molecule has 1 aromatic rings. The van der Waals surface area contributed by atoms with E-state index in [0.717, 1.165) is 31.9 Å². The van der Waals surface area contributed by atoms with Gasteiger partial charge in [-0.3, -0.25) is 0 Å². The Morgan fingerprint density at radius 1 is 1.05 bits per heavy atom. The Bertz CT molecular complexity index is 534. The van der Waals surface area contributed by atoms with E-state index in [1.54, 1.807) is 24.3 Å². The molecule has 0 unspecified atom stereocenters. The molecule has 7 heteroatoms. The van der Waals surface area contributed by atoms with Gasteiger partial charge in [-0.15, -0.1) is 0 Å². The third kappa shape index (κ3) is 3.49. The Morgan fingerprint density at radius 2 is 1.60 bits per heavy atom. The molecule has 1 saturated heterocycles. The molecule has 0 amide bonds. The van der Waals surface area contributed by atoms with E-state index >= 15 is 0 Å². The Morgan fingerprint density at radius 3 is 2.10 bits per heavy atom. The molecule has 0 aliphatic carbocycles. The van der Waals surface area contributed by atoms with Gasteiger partial charge in [0.25, 0.3) is 0 Å². The van der Waals surface area contributed by atoms with Gasteiger partial charge in [-0.1, -0.05) is 0 Å². The third-order valence-corrected chi connectivity index (χ3v) is 5.25. The van der Waals surface area contributed by atoms with Crippen molar-refractivity contribution in [2.24, 2.45) is 0 Å². The van der Waals surface area contributed by atoms with Crippen molar-refractivity contribution >= 4 is 15.7 Å². The van der Waals surface area contributed by atoms with Crippen LogP contribution in [0.5, 0.6) is 0 Å². The number of piperazine rings is 1. The first-order valence-corrected chi connectivity index (χ1v) is 8.06. The quantitative estimate of drug-likeness (QED) is 0.878. The van der Waals surface area contributed by atoms with E-state index in [2.05, 4.69) is 22.4 Å². The standard InChI is InChI=1S/C13H22N4O2S/c1-15(2)20(18,19)13-6-4-12(5-7-13)14-17-10-8-16(3)9-11-17/h4-7,14H,8-11H2,1-3H3. The minimum absolute atomic E-state index is 0.312. The smallest absolute Gasteiger partial charge is 0.242 e. The van der Waals surface area contributed by atoms with Crippen LogP contribution in [0, 0.1) is 0 Å². The van der Waals surface area contributed by atoms with Crippen LogP contribution < -0.4 is 5.43 Å². The first-order chi connectivity index (χ1) is 9.39. The highest BCUT2D eigenvalue weighted by Gasteiger charge is 2.17. The minimum atomic E-state index is -3.35. The third-order valence-electron chi connectivity index (χ3n) is 3.42. The molecule has 0 saturated carbocycles. The molecule has 1 N–H and O–H groups in total. The molecule has 20 heavy (non-hydrogen) atoms. The zero-order valence-electron chi connectivity index (χ0n) is 12.2. The predicted molar refractivity (Wildman–Crippen MR) is 80.0 cm³/mol. The van der Waals surface area contributed by atoms with Gasteiger partial charge in [-0.25, -0.2) is 17.7 Å². The number of nitrogens with zero attached hydrogens (tertiary/aromatic N) is 3. The number of hydrazine groups is 1. The number of hydrogen-bond donors (Lipinski definition) is 1. The van der Waals surface area contributed by atoms with Crippen LogP contribution in [0.1, 0.15) is 0 Å². The molecular formula is C13H22N4O2S. The largest absolute Gasteiger partial charge is 0.319 e. The number of benzene rings is 1. The van der Waals surface area contributed by atoms with Crippen LogP contribution in [0.4, 0.5) is 5.69 Å². The summed E-state index contributed by atoms with van der Waals surface area (Å²) in [4.78, 5) is 2.59. The molecule has 1 heterocycles. The van der Waals surface area contributed by atoms with Crippen molar-refractivity contribution in [2.45, 2.75) is 4.90 Å². The van der Waals surface area contributed by atoms with Crippen LogP contribution in [-0.2, 0) is 10.0 Å². The van der Waals surface area contributed by atoms with Gasteiger partial charge in [0.05, 0.1) is 4.90 Å². The van der Waals surface area contributed by atoms with Crippen LogP contribution in [0.3, 0.4) is 0 Å². The van der Waals surface area contributed by atoms with Gasteiger partial charge in [0.2, 0.25) is 10.0 Å². The Balaban J connectivity index is 2.02. The molecular weight excluding hydrogens is 276 g/mol. The van der Waals surface area contributed by atoms with E-state index < -0.39 is 10.0 Å². The van der Waals surface area contributed by atoms with E-state index in [9.17, 15) is 8.42 Å². The van der Waals surface area contributed by atoms with Crippen molar-refractivity contribution in [3.05, 3.63) is 24.3 Å². The van der Waals surface area contributed by atoms with Crippen LogP contribution in [0.2, 0.25) is 0 Å². The highest BCUT2D eigenvalue weighted by atomic mass is 32.2. The van der Waals surface area contributed by atoms with Crippen LogP contribution >= 0.6 is 0 Å². The molecule has 0 radical (unpaired) electrons. The van der Waals surface area contributed by atoms with Gasteiger partial charge in [-0.05, 0) is 31.3 Å². The molecule has 1 aromatic carbocycles. The fraction of sp³-hybridized carbons (Fsp3) is 0.538. The van der Waals surface area contributed by atoms with E-state index in [1.165, 1.54) is 18.4 Å². The van der Waals surface area contributed by atoms with Crippen molar-refractivity contribution < 1.29 is 8.42 Å². The van der Waals surface area contributed by atoms with Gasteiger partial charge in [0.1, 0.15) is 0 Å². The summed E-state index contributed by atoms with van der Waals surface area (Å²) in [5, 5.41) is 2.15. The highest BCUT2D eigenvalue weighted by molar-refractivity contribution is 7.89. The summed E-state index contributed by atoms with van der Waals surface area (Å²) >= 11 is 0. The van der Waals surface area contributed by atoms with E-state index in [0.29, 0.717) is 4.90 Å². The number of likely N-dealkylation sites (N-methyl/N-ethyl adjacent to an activating group) is 1. The average molecular weight is 298 g/mol. The highest BCUT2D eigenvalue weighted by Crippen LogP contribution is 2.17. The number of hydrogen-bond acceptors (Lipinski definition) is 5. The van der Waals surface area contributed by atoms with Crippen molar-refractivity contribution in [1.82, 2.24) is 14.2 Å². The Kier molecular flexibility index (Phi) is 4.64. The monoisotopic (exact) mass is 298 g/mol. The van der Waals surface area contributed by atoms with Gasteiger partial charge >= 0.3 is 0 Å². The number of nitrogens with one attached hydrogen (secondary N) is 1. The van der Waals surface area contributed by atoms with Gasteiger partial charge in [0.15, 0.2) is 0 Å². The lowest BCUT2D eigenvalue weighted by Gasteiger charge is -2.33. The van der Waals surface area contributed by atoms with Gasteiger partial charge in [-0.2, -0.15) is 0 Å². The minimum Gasteiger partial charge on any atom is -0.319 e. The second kappa shape index (κ2) is 6.09. The summed E-state index contributed by atoms with van der Waals surface area (Å²) in [6.07, 6.45) is 0. The fourth-order valence-corrected chi connectivity index (χ4v) is 2.91. The normalized spacial score (nSPS) is 18.4. The molecule has 0 aromatic heterocycles. The van der Waals surface area contributed by atoms with Crippen LogP contribution in [0.25, 0.3) is 0 Å². The summed E-state index contributed by atoms with van der Waals surface area (Å²) in [7, 11) is 1.83. The molecule has 6 nitrogen and oxygen atoms in total. The van der Waals surface area contributed by atoms with Crippen LogP contribution in [0.15, 0.2) is 29.2 Å². The van der Waals surface area contributed by atoms with E-state index in [4.69, 9.17) is 0 Å². The first-order valence-electron chi connectivity index (χ1n) is 6.62. The number of rotatable bonds is 4. The van der Waals surface area contributed by atoms with Gasteiger partial charge < -0.3 is 10.3 Å². The summed E-state index contributed by atoms with van der Waals surface area (Å²) < 4.78 is 25.1. The maximum atomic E-state index is 12.0. The first kappa shape index (κ1) is 15.2. The van der Waals surface area contributed by atoms with E-state index in [1.807, 2.05) is 0 Å². The molecule has 2 rings (SSSR count). The van der Waals surface area contributed by atoms with Crippen molar-refractivity contribution in [2.75, 3.05) is 52.7 Å². The predicted octanol–water partition coefficient (Wildman–Crippen LogP) is 0.511.